The molecule has 2 heterocycles. The Kier molecular flexibility index (Phi) is 2.31. The molecule has 2 aromatic rings. The SMILES string of the molecule is CC(C)(C)c1cncc(-c2cn[nH]c2)c1. The highest BCUT2D eigenvalue weighted by Gasteiger charge is 2.14. The van der Waals surface area contributed by atoms with Crippen LogP contribution >= 0.6 is 0 Å². The normalized spacial score (nSPS) is 11.7. The molecule has 0 fully saturated rings. The summed E-state index contributed by atoms with van der Waals surface area (Å²) in [6, 6.07) is 2.16. The highest BCUT2D eigenvalue weighted by molar-refractivity contribution is 5.61. The number of nitrogens with one attached hydrogen (secondary N) is 1. The molecule has 2 rings (SSSR count). The largest absolute Gasteiger partial charge is 0.285 e. The van der Waals surface area contributed by atoms with Gasteiger partial charge >= 0.3 is 0 Å². The second kappa shape index (κ2) is 3.50. The first-order chi connectivity index (χ1) is 7.07. The lowest BCUT2D eigenvalue weighted by Gasteiger charge is -2.18. The maximum atomic E-state index is 4.27. The van der Waals surface area contributed by atoms with E-state index >= 15 is 0 Å². The van der Waals surface area contributed by atoms with E-state index in [0.29, 0.717) is 0 Å². The van der Waals surface area contributed by atoms with Gasteiger partial charge in [0.1, 0.15) is 0 Å². The Morgan fingerprint density at radius 3 is 2.47 bits per heavy atom. The van der Waals surface area contributed by atoms with Crippen molar-refractivity contribution in [3.8, 4) is 11.1 Å². The predicted molar refractivity (Wildman–Crippen MR) is 60.5 cm³/mol. The second-order valence-corrected chi connectivity index (χ2v) is 4.70. The summed E-state index contributed by atoms with van der Waals surface area (Å²) in [6.45, 7) is 6.55. The summed E-state index contributed by atoms with van der Waals surface area (Å²) in [5.41, 5.74) is 3.55. The molecule has 2 aromatic heterocycles. The molecule has 0 spiro atoms. The summed E-state index contributed by atoms with van der Waals surface area (Å²) in [6.07, 6.45) is 7.47. The van der Waals surface area contributed by atoms with Crippen molar-refractivity contribution in [1.82, 2.24) is 15.2 Å². The topological polar surface area (TPSA) is 41.6 Å². The van der Waals surface area contributed by atoms with Crippen LogP contribution in [0.2, 0.25) is 0 Å². The average molecular weight is 201 g/mol. The summed E-state index contributed by atoms with van der Waals surface area (Å²) in [4.78, 5) is 4.27. The van der Waals surface area contributed by atoms with Crippen molar-refractivity contribution in [2.24, 2.45) is 0 Å². The van der Waals surface area contributed by atoms with Gasteiger partial charge in [0.05, 0.1) is 6.20 Å². The molecule has 0 saturated carbocycles. The molecule has 0 aliphatic heterocycles. The van der Waals surface area contributed by atoms with Gasteiger partial charge in [0, 0.05) is 29.7 Å². The van der Waals surface area contributed by atoms with Gasteiger partial charge in [-0.25, -0.2) is 0 Å². The summed E-state index contributed by atoms with van der Waals surface area (Å²) in [7, 11) is 0. The van der Waals surface area contributed by atoms with E-state index in [2.05, 4.69) is 42.0 Å². The van der Waals surface area contributed by atoms with Gasteiger partial charge in [-0.15, -0.1) is 0 Å². The molecule has 3 heteroatoms. The molecular weight excluding hydrogens is 186 g/mol. The van der Waals surface area contributed by atoms with Crippen LogP contribution in [-0.2, 0) is 5.41 Å². The minimum atomic E-state index is 0.132. The zero-order valence-electron chi connectivity index (χ0n) is 9.28. The molecule has 0 radical (unpaired) electrons. The molecular formula is C12H15N3. The number of aromatic nitrogens is 3. The smallest absolute Gasteiger partial charge is 0.0566 e. The van der Waals surface area contributed by atoms with Crippen molar-refractivity contribution < 1.29 is 0 Å². The van der Waals surface area contributed by atoms with E-state index < -0.39 is 0 Å². The van der Waals surface area contributed by atoms with E-state index in [-0.39, 0.29) is 5.41 Å². The van der Waals surface area contributed by atoms with Crippen molar-refractivity contribution in [2.75, 3.05) is 0 Å². The van der Waals surface area contributed by atoms with E-state index in [9.17, 15) is 0 Å². The first kappa shape index (κ1) is 9.90. The molecule has 0 unspecified atom stereocenters. The minimum absolute atomic E-state index is 0.132. The molecule has 3 nitrogen and oxygen atoms in total. The van der Waals surface area contributed by atoms with Crippen LogP contribution in [0.4, 0.5) is 0 Å². The number of rotatable bonds is 1. The van der Waals surface area contributed by atoms with Crippen LogP contribution in [-0.4, -0.2) is 15.2 Å². The third-order valence-electron chi connectivity index (χ3n) is 2.44. The van der Waals surface area contributed by atoms with Crippen LogP contribution in [0.1, 0.15) is 26.3 Å². The fourth-order valence-corrected chi connectivity index (χ4v) is 1.42. The lowest BCUT2D eigenvalue weighted by Crippen LogP contribution is -2.11. The van der Waals surface area contributed by atoms with E-state index in [0.717, 1.165) is 11.1 Å². The molecule has 15 heavy (non-hydrogen) atoms. The van der Waals surface area contributed by atoms with Crippen molar-refractivity contribution in [1.29, 1.82) is 0 Å². The average Bonchev–Trinajstić information content (AvgIpc) is 2.69. The van der Waals surface area contributed by atoms with Crippen LogP contribution < -0.4 is 0 Å². The lowest BCUT2D eigenvalue weighted by molar-refractivity contribution is 0.588. The van der Waals surface area contributed by atoms with E-state index in [1.165, 1.54) is 5.56 Å². The second-order valence-electron chi connectivity index (χ2n) is 4.70. The van der Waals surface area contributed by atoms with Gasteiger partial charge in [-0.1, -0.05) is 20.8 Å². The number of hydrogen-bond donors (Lipinski definition) is 1. The van der Waals surface area contributed by atoms with Crippen molar-refractivity contribution in [3.05, 3.63) is 36.4 Å². The third-order valence-corrected chi connectivity index (χ3v) is 2.44. The van der Waals surface area contributed by atoms with Crippen LogP contribution in [0.3, 0.4) is 0 Å². The number of aromatic amines is 1. The standard InChI is InChI=1S/C12H15N3/c1-12(2,3)11-4-9(5-13-8-11)10-6-14-15-7-10/h4-8H,1-3H3,(H,14,15). The van der Waals surface area contributed by atoms with Gasteiger partial charge < -0.3 is 0 Å². The summed E-state index contributed by atoms with van der Waals surface area (Å²) >= 11 is 0. The minimum Gasteiger partial charge on any atom is -0.285 e. The monoisotopic (exact) mass is 201 g/mol. The maximum Gasteiger partial charge on any atom is 0.0566 e. The summed E-state index contributed by atoms with van der Waals surface area (Å²) < 4.78 is 0. The van der Waals surface area contributed by atoms with E-state index in [1.54, 1.807) is 0 Å². The van der Waals surface area contributed by atoms with Crippen LogP contribution in [0.5, 0.6) is 0 Å². The fourth-order valence-electron chi connectivity index (χ4n) is 1.42. The van der Waals surface area contributed by atoms with Gasteiger partial charge in [0.25, 0.3) is 0 Å². The van der Waals surface area contributed by atoms with Crippen molar-refractivity contribution in [3.63, 3.8) is 0 Å². The molecule has 0 bridgehead atoms. The maximum absolute atomic E-state index is 4.27. The Bertz CT molecular complexity index is 438. The molecule has 78 valence electrons. The Hall–Kier alpha value is -1.64. The lowest BCUT2D eigenvalue weighted by atomic mass is 9.87. The van der Waals surface area contributed by atoms with Crippen LogP contribution in [0, 0.1) is 0 Å². The number of nitrogens with zero attached hydrogens (tertiary/aromatic N) is 2. The van der Waals surface area contributed by atoms with Crippen LogP contribution in [0.25, 0.3) is 11.1 Å². The summed E-state index contributed by atoms with van der Waals surface area (Å²) in [5, 5.41) is 6.75. The third kappa shape index (κ3) is 2.06. The van der Waals surface area contributed by atoms with Crippen LogP contribution in [0.15, 0.2) is 30.9 Å². The zero-order valence-corrected chi connectivity index (χ0v) is 9.28. The van der Waals surface area contributed by atoms with E-state index in [4.69, 9.17) is 0 Å². The Labute approximate surface area is 89.6 Å². The van der Waals surface area contributed by atoms with Crippen molar-refractivity contribution >= 4 is 0 Å². The molecule has 0 aliphatic carbocycles. The summed E-state index contributed by atoms with van der Waals surface area (Å²) in [5.74, 6) is 0. The van der Waals surface area contributed by atoms with Crippen molar-refractivity contribution in [2.45, 2.75) is 26.2 Å². The van der Waals surface area contributed by atoms with Gasteiger partial charge in [-0.2, -0.15) is 5.10 Å². The quantitative estimate of drug-likeness (QED) is 0.770. The molecule has 0 atom stereocenters. The molecule has 0 aromatic carbocycles. The number of hydrogen-bond acceptors (Lipinski definition) is 2. The van der Waals surface area contributed by atoms with Gasteiger partial charge in [0.15, 0.2) is 0 Å². The molecule has 0 aliphatic rings. The first-order valence-electron chi connectivity index (χ1n) is 5.02. The first-order valence-corrected chi connectivity index (χ1v) is 5.02. The Morgan fingerprint density at radius 2 is 1.87 bits per heavy atom. The zero-order chi connectivity index (χ0) is 10.9. The number of H-pyrrole nitrogens is 1. The predicted octanol–water partition coefficient (Wildman–Crippen LogP) is 2.77. The van der Waals surface area contributed by atoms with Gasteiger partial charge in [0.2, 0.25) is 0 Å². The van der Waals surface area contributed by atoms with Gasteiger partial charge in [-0.3, -0.25) is 10.1 Å². The highest BCUT2D eigenvalue weighted by atomic mass is 15.1. The molecule has 0 saturated heterocycles. The van der Waals surface area contributed by atoms with E-state index in [1.807, 2.05) is 24.8 Å². The number of pyridine rings is 1. The molecule has 1 N–H and O–H groups in total. The highest BCUT2D eigenvalue weighted by Crippen LogP contribution is 2.25. The Morgan fingerprint density at radius 1 is 1.07 bits per heavy atom. The Balaban J connectivity index is 2.44. The molecule has 0 amide bonds. The fraction of sp³-hybridized carbons (Fsp3) is 0.333. The van der Waals surface area contributed by atoms with Gasteiger partial charge in [-0.05, 0) is 17.0 Å².